The minimum Gasteiger partial charge on any atom is -0.353 e. The first kappa shape index (κ1) is 8.02. The van der Waals surface area contributed by atoms with Crippen LogP contribution in [0.2, 0.25) is 0 Å². The van der Waals surface area contributed by atoms with Gasteiger partial charge in [0.15, 0.2) is 6.29 Å². The highest BCUT2D eigenvalue weighted by atomic mass is 16.7. The second-order valence-corrected chi connectivity index (χ2v) is 2.54. The second kappa shape index (κ2) is 4.69. The average molecular weight is 143 g/mol. The first-order valence-corrected chi connectivity index (χ1v) is 3.94. The first-order chi connectivity index (χ1) is 4.93. The Hall–Kier alpha value is -0.0800. The van der Waals surface area contributed by atoms with Gasteiger partial charge >= 0.3 is 0 Å². The molecule has 59 valence electrons. The number of rotatable bonds is 3. The molecule has 0 bridgehead atoms. The van der Waals surface area contributed by atoms with Crippen molar-refractivity contribution in [3.8, 4) is 0 Å². The van der Waals surface area contributed by atoms with Crippen LogP contribution in [0.5, 0.6) is 0 Å². The van der Waals surface area contributed by atoms with Gasteiger partial charge in [-0.3, -0.25) is 0 Å². The van der Waals surface area contributed by atoms with E-state index in [1.165, 1.54) is 12.8 Å². The molecule has 1 unspecified atom stereocenters. The standard InChI is InChI=1S/C8H15O2/c1-2-6-9-8-5-3-4-7-10-8/h2,8H,3-7H2,1H3. The van der Waals surface area contributed by atoms with Crippen LogP contribution in [0.1, 0.15) is 26.2 Å². The largest absolute Gasteiger partial charge is 0.353 e. The van der Waals surface area contributed by atoms with Crippen molar-refractivity contribution in [3.63, 3.8) is 0 Å². The molecule has 1 saturated heterocycles. The van der Waals surface area contributed by atoms with Crippen molar-refractivity contribution in [1.82, 2.24) is 0 Å². The predicted octanol–water partition coefficient (Wildman–Crippen LogP) is 1.75. The fourth-order valence-electron chi connectivity index (χ4n) is 1.05. The molecule has 0 aliphatic carbocycles. The van der Waals surface area contributed by atoms with Gasteiger partial charge in [0.05, 0.1) is 6.61 Å². The van der Waals surface area contributed by atoms with Gasteiger partial charge < -0.3 is 9.47 Å². The lowest BCUT2D eigenvalue weighted by atomic mass is 10.2. The molecular formula is C8H15O2. The third-order valence-electron chi connectivity index (χ3n) is 1.59. The van der Waals surface area contributed by atoms with Gasteiger partial charge in [0.25, 0.3) is 0 Å². The van der Waals surface area contributed by atoms with Crippen molar-refractivity contribution in [3.05, 3.63) is 6.42 Å². The molecule has 0 amide bonds. The zero-order chi connectivity index (χ0) is 7.23. The van der Waals surface area contributed by atoms with Crippen molar-refractivity contribution in [2.45, 2.75) is 32.5 Å². The van der Waals surface area contributed by atoms with Gasteiger partial charge in [-0.05, 0) is 25.7 Å². The highest BCUT2D eigenvalue weighted by Gasteiger charge is 2.12. The fraction of sp³-hybridized carbons (Fsp3) is 0.875. The van der Waals surface area contributed by atoms with E-state index in [0.29, 0.717) is 6.61 Å². The van der Waals surface area contributed by atoms with Crippen LogP contribution in [0.3, 0.4) is 0 Å². The quantitative estimate of drug-likeness (QED) is 0.599. The van der Waals surface area contributed by atoms with Crippen molar-refractivity contribution in [2.75, 3.05) is 13.2 Å². The number of hydrogen-bond acceptors (Lipinski definition) is 2. The SMILES string of the molecule is C[CH]COC1CCCCO1. The lowest BCUT2D eigenvalue weighted by Gasteiger charge is -2.22. The summed E-state index contributed by atoms with van der Waals surface area (Å²) in [6.07, 6.45) is 5.57. The van der Waals surface area contributed by atoms with E-state index in [2.05, 4.69) is 0 Å². The number of hydrogen-bond donors (Lipinski definition) is 0. The minimum atomic E-state index is 0.0740. The van der Waals surface area contributed by atoms with Crippen LogP contribution >= 0.6 is 0 Å². The Morgan fingerprint density at radius 1 is 1.60 bits per heavy atom. The molecule has 1 aliphatic heterocycles. The molecule has 1 atom stereocenters. The Morgan fingerprint density at radius 2 is 2.50 bits per heavy atom. The summed E-state index contributed by atoms with van der Waals surface area (Å²) in [5.74, 6) is 0. The maximum atomic E-state index is 5.35. The Morgan fingerprint density at radius 3 is 3.10 bits per heavy atom. The van der Waals surface area contributed by atoms with Gasteiger partial charge in [0.2, 0.25) is 0 Å². The van der Waals surface area contributed by atoms with Gasteiger partial charge in [-0.25, -0.2) is 0 Å². The Kier molecular flexibility index (Phi) is 3.76. The molecule has 10 heavy (non-hydrogen) atoms. The molecule has 1 fully saturated rings. The van der Waals surface area contributed by atoms with Crippen molar-refractivity contribution < 1.29 is 9.47 Å². The van der Waals surface area contributed by atoms with Crippen LogP contribution in [-0.2, 0) is 9.47 Å². The molecule has 1 radical (unpaired) electrons. The molecule has 0 aromatic carbocycles. The smallest absolute Gasteiger partial charge is 0.157 e. The van der Waals surface area contributed by atoms with Crippen LogP contribution in [0.25, 0.3) is 0 Å². The fourth-order valence-corrected chi connectivity index (χ4v) is 1.05. The van der Waals surface area contributed by atoms with E-state index >= 15 is 0 Å². The van der Waals surface area contributed by atoms with Crippen LogP contribution in [0, 0.1) is 6.42 Å². The highest BCUT2D eigenvalue weighted by molar-refractivity contribution is 4.57. The molecule has 2 nitrogen and oxygen atoms in total. The second-order valence-electron chi connectivity index (χ2n) is 2.54. The van der Waals surface area contributed by atoms with E-state index in [-0.39, 0.29) is 6.29 Å². The Labute approximate surface area is 62.5 Å². The molecule has 0 aromatic heterocycles. The normalized spacial score (nSPS) is 26.7. The molecule has 0 N–H and O–H groups in total. The molecule has 0 saturated carbocycles. The maximum Gasteiger partial charge on any atom is 0.157 e. The zero-order valence-electron chi connectivity index (χ0n) is 6.51. The highest BCUT2D eigenvalue weighted by Crippen LogP contribution is 2.13. The summed E-state index contributed by atoms with van der Waals surface area (Å²) in [7, 11) is 0. The monoisotopic (exact) mass is 143 g/mol. The molecule has 2 heteroatoms. The summed E-state index contributed by atoms with van der Waals surface area (Å²) in [5.41, 5.74) is 0. The van der Waals surface area contributed by atoms with Crippen molar-refractivity contribution >= 4 is 0 Å². The van der Waals surface area contributed by atoms with Gasteiger partial charge in [-0.15, -0.1) is 0 Å². The van der Waals surface area contributed by atoms with Gasteiger partial charge in [0.1, 0.15) is 0 Å². The molecule has 1 heterocycles. The van der Waals surface area contributed by atoms with E-state index in [1.54, 1.807) is 0 Å². The molecule has 1 aliphatic rings. The lowest BCUT2D eigenvalue weighted by Crippen LogP contribution is -2.22. The third kappa shape index (κ3) is 2.67. The van der Waals surface area contributed by atoms with Crippen LogP contribution in [-0.4, -0.2) is 19.5 Å². The molecule has 1 rings (SSSR count). The summed E-state index contributed by atoms with van der Waals surface area (Å²) in [5, 5.41) is 0. The van der Waals surface area contributed by atoms with Crippen LogP contribution in [0.15, 0.2) is 0 Å². The van der Waals surface area contributed by atoms with Crippen LogP contribution in [0.4, 0.5) is 0 Å². The summed E-state index contributed by atoms with van der Waals surface area (Å²) >= 11 is 0. The topological polar surface area (TPSA) is 18.5 Å². The number of ether oxygens (including phenoxy) is 2. The Balaban J connectivity index is 2.02. The summed E-state index contributed by atoms with van der Waals surface area (Å²) in [6.45, 7) is 3.57. The van der Waals surface area contributed by atoms with E-state index < -0.39 is 0 Å². The van der Waals surface area contributed by atoms with Crippen molar-refractivity contribution in [2.24, 2.45) is 0 Å². The molecule has 0 aromatic rings. The lowest BCUT2D eigenvalue weighted by molar-refractivity contribution is -0.157. The van der Waals surface area contributed by atoms with Gasteiger partial charge in [0, 0.05) is 6.61 Å². The van der Waals surface area contributed by atoms with Crippen molar-refractivity contribution in [1.29, 1.82) is 0 Å². The minimum absolute atomic E-state index is 0.0740. The molecular weight excluding hydrogens is 128 g/mol. The predicted molar refractivity (Wildman–Crippen MR) is 39.5 cm³/mol. The van der Waals surface area contributed by atoms with Gasteiger partial charge in [-0.1, -0.05) is 6.92 Å². The van der Waals surface area contributed by atoms with Crippen LogP contribution < -0.4 is 0 Å². The Bertz CT molecular complexity index is 77.3. The zero-order valence-corrected chi connectivity index (χ0v) is 6.51. The first-order valence-electron chi connectivity index (χ1n) is 3.94. The maximum absolute atomic E-state index is 5.35. The van der Waals surface area contributed by atoms with E-state index in [4.69, 9.17) is 9.47 Å². The summed E-state index contributed by atoms with van der Waals surface area (Å²) in [6, 6.07) is 0. The van der Waals surface area contributed by atoms with E-state index in [1.807, 2.05) is 13.3 Å². The van der Waals surface area contributed by atoms with E-state index in [9.17, 15) is 0 Å². The average Bonchev–Trinajstić information content (AvgIpc) is 2.03. The van der Waals surface area contributed by atoms with Gasteiger partial charge in [-0.2, -0.15) is 0 Å². The third-order valence-corrected chi connectivity index (χ3v) is 1.59. The summed E-state index contributed by atoms with van der Waals surface area (Å²) < 4.78 is 10.7. The molecule has 0 spiro atoms. The van der Waals surface area contributed by atoms with E-state index in [0.717, 1.165) is 13.0 Å². The summed E-state index contributed by atoms with van der Waals surface area (Å²) in [4.78, 5) is 0.